The highest BCUT2D eigenvalue weighted by Gasteiger charge is 2.23. The van der Waals surface area contributed by atoms with Gasteiger partial charge in [0.25, 0.3) is 5.91 Å². The van der Waals surface area contributed by atoms with Crippen LogP contribution < -0.4 is 5.01 Å². The Labute approximate surface area is 175 Å². The summed E-state index contributed by atoms with van der Waals surface area (Å²) in [5.41, 5.74) is 3.75. The third-order valence-electron chi connectivity index (χ3n) is 5.46. The summed E-state index contributed by atoms with van der Waals surface area (Å²) in [6.07, 6.45) is 0.980. The van der Waals surface area contributed by atoms with Crippen molar-refractivity contribution in [1.29, 1.82) is 0 Å². The number of anilines is 1. The van der Waals surface area contributed by atoms with Gasteiger partial charge in [0.05, 0.1) is 5.69 Å². The van der Waals surface area contributed by atoms with Crippen molar-refractivity contribution in [3.63, 3.8) is 0 Å². The molecule has 0 bridgehead atoms. The number of nitrogens with zero attached hydrogens (tertiary/aromatic N) is 4. The monoisotopic (exact) mass is 414 g/mol. The molecule has 0 saturated carbocycles. The number of halogens is 2. The first-order valence-electron chi connectivity index (χ1n) is 9.87. The van der Waals surface area contributed by atoms with Crippen molar-refractivity contribution in [1.82, 2.24) is 9.80 Å². The molecule has 0 N–H and O–H groups in total. The molecule has 4 rings (SSSR count). The van der Waals surface area contributed by atoms with Crippen LogP contribution >= 0.6 is 11.6 Å². The summed E-state index contributed by atoms with van der Waals surface area (Å²) in [6, 6.07) is 12.2. The van der Waals surface area contributed by atoms with E-state index in [0.29, 0.717) is 30.2 Å². The van der Waals surface area contributed by atoms with Crippen LogP contribution in [0.25, 0.3) is 0 Å². The summed E-state index contributed by atoms with van der Waals surface area (Å²) in [7, 11) is 0. The predicted molar refractivity (Wildman–Crippen MR) is 114 cm³/mol. The molecular weight excluding hydrogens is 391 g/mol. The van der Waals surface area contributed by atoms with Crippen LogP contribution in [0.4, 0.5) is 10.1 Å². The molecular formula is C22H24ClFN4O. The Kier molecular flexibility index (Phi) is 5.83. The van der Waals surface area contributed by atoms with Crippen molar-refractivity contribution >= 4 is 28.9 Å². The van der Waals surface area contributed by atoms with Gasteiger partial charge in [0, 0.05) is 62.0 Å². The topological polar surface area (TPSA) is 39.2 Å². The Morgan fingerprint density at radius 3 is 2.41 bits per heavy atom. The van der Waals surface area contributed by atoms with E-state index in [-0.39, 0.29) is 11.7 Å². The van der Waals surface area contributed by atoms with Crippen molar-refractivity contribution in [2.75, 3.05) is 37.7 Å². The highest BCUT2D eigenvalue weighted by atomic mass is 35.5. The number of hydrogen-bond donors (Lipinski definition) is 0. The van der Waals surface area contributed by atoms with E-state index < -0.39 is 0 Å². The van der Waals surface area contributed by atoms with Gasteiger partial charge in [0.15, 0.2) is 0 Å². The van der Waals surface area contributed by atoms with Gasteiger partial charge in [-0.1, -0.05) is 17.7 Å². The number of hydrogen-bond acceptors (Lipinski definition) is 4. The summed E-state index contributed by atoms with van der Waals surface area (Å²) in [5.74, 6) is -0.274. The first kappa shape index (κ1) is 19.9. The van der Waals surface area contributed by atoms with Crippen molar-refractivity contribution in [2.45, 2.75) is 19.9 Å². The molecule has 7 heteroatoms. The van der Waals surface area contributed by atoms with Crippen molar-refractivity contribution in [3.8, 4) is 0 Å². The zero-order chi connectivity index (χ0) is 20.4. The Hall–Kier alpha value is -2.44. The van der Waals surface area contributed by atoms with Gasteiger partial charge in [-0.15, -0.1) is 0 Å². The normalized spacial score (nSPS) is 17.6. The molecule has 2 heterocycles. The maximum Gasteiger partial charge on any atom is 0.253 e. The number of carbonyl (C=O) groups is 1. The largest absolute Gasteiger partial charge is 0.336 e. The maximum absolute atomic E-state index is 13.2. The number of rotatable bonds is 4. The lowest BCUT2D eigenvalue weighted by atomic mass is 10.1. The van der Waals surface area contributed by atoms with Gasteiger partial charge in [-0.05, 0) is 48.9 Å². The summed E-state index contributed by atoms with van der Waals surface area (Å²) < 4.78 is 13.2. The molecule has 0 aromatic heterocycles. The Balaban J connectivity index is 1.33. The zero-order valence-corrected chi connectivity index (χ0v) is 17.2. The molecule has 1 amide bonds. The molecule has 0 spiro atoms. The van der Waals surface area contributed by atoms with E-state index in [1.165, 1.54) is 12.1 Å². The fourth-order valence-corrected chi connectivity index (χ4v) is 3.95. The fraction of sp³-hybridized carbons (Fsp3) is 0.364. The van der Waals surface area contributed by atoms with Crippen molar-refractivity contribution in [3.05, 3.63) is 64.4 Å². The molecule has 1 saturated heterocycles. The smallest absolute Gasteiger partial charge is 0.253 e. The number of hydrazone groups is 1. The second-order valence-corrected chi connectivity index (χ2v) is 7.97. The molecule has 2 aliphatic heterocycles. The van der Waals surface area contributed by atoms with E-state index in [1.54, 1.807) is 6.07 Å². The minimum absolute atomic E-state index is 0.0529. The summed E-state index contributed by atoms with van der Waals surface area (Å²) in [5, 5.41) is 6.92. The number of benzene rings is 2. The molecule has 29 heavy (non-hydrogen) atoms. The zero-order valence-electron chi connectivity index (χ0n) is 16.4. The van der Waals surface area contributed by atoms with E-state index in [0.717, 1.165) is 43.0 Å². The number of piperazine rings is 1. The SMILES string of the molecule is CC1=NN(c2ccc(C(=O)N3CCN(Cc4ccc(F)cc4Cl)CC3)cc2)CC1. The first-order chi connectivity index (χ1) is 14.0. The van der Waals surface area contributed by atoms with Crippen LogP contribution in [-0.4, -0.2) is 54.1 Å². The van der Waals surface area contributed by atoms with Crippen LogP contribution in [0.3, 0.4) is 0 Å². The molecule has 0 aliphatic carbocycles. The number of amides is 1. The van der Waals surface area contributed by atoms with Gasteiger partial charge in [-0.25, -0.2) is 4.39 Å². The van der Waals surface area contributed by atoms with Gasteiger partial charge in [-0.2, -0.15) is 5.10 Å². The van der Waals surface area contributed by atoms with Gasteiger partial charge < -0.3 is 4.90 Å². The van der Waals surface area contributed by atoms with Gasteiger partial charge in [0.2, 0.25) is 0 Å². The Morgan fingerprint density at radius 1 is 1.07 bits per heavy atom. The van der Waals surface area contributed by atoms with Crippen molar-refractivity contribution < 1.29 is 9.18 Å². The van der Waals surface area contributed by atoms with Gasteiger partial charge in [0.1, 0.15) is 5.82 Å². The molecule has 152 valence electrons. The van der Waals surface area contributed by atoms with Gasteiger partial charge in [-0.3, -0.25) is 14.7 Å². The van der Waals surface area contributed by atoms with Crippen LogP contribution in [0.5, 0.6) is 0 Å². The Morgan fingerprint density at radius 2 is 1.79 bits per heavy atom. The van der Waals surface area contributed by atoms with E-state index in [4.69, 9.17) is 11.6 Å². The van der Waals surface area contributed by atoms with Crippen LogP contribution in [0.1, 0.15) is 29.3 Å². The minimum atomic E-state index is -0.327. The third kappa shape index (κ3) is 4.60. The highest BCUT2D eigenvalue weighted by Crippen LogP contribution is 2.22. The summed E-state index contributed by atoms with van der Waals surface area (Å²) in [6.45, 7) is 6.43. The molecule has 0 atom stereocenters. The average Bonchev–Trinajstić information content (AvgIpc) is 3.17. The molecule has 2 aromatic carbocycles. The second kappa shape index (κ2) is 8.51. The first-order valence-corrected chi connectivity index (χ1v) is 10.2. The van der Waals surface area contributed by atoms with Gasteiger partial charge >= 0.3 is 0 Å². The van der Waals surface area contributed by atoms with Crippen LogP contribution in [-0.2, 0) is 6.54 Å². The van der Waals surface area contributed by atoms with E-state index in [2.05, 4.69) is 10.0 Å². The lowest BCUT2D eigenvalue weighted by Crippen LogP contribution is -2.48. The third-order valence-corrected chi connectivity index (χ3v) is 5.81. The lowest BCUT2D eigenvalue weighted by molar-refractivity contribution is 0.0628. The lowest BCUT2D eigenvalue weighted by Gasteiger charge is -2.35. The van der Waals surface area contributed by atoms with Crippen LogP contribution in [0, 0.1) is 5.82 Å². The summed E-state index contributed by atoms with van der Waals surface area (Å²) >= 11 is 6.13. The molecule has 2 aliphatic rings. The van der Waals surface area contributed by atoms with E-state index in [1.807, 2.05) is 41.1 Å². The standard InChI is InChI=1S/C22H24ClFN4O/c1-16-8-9-28(25-16)20-6-3-17(4-7-20)22(29)27-12-10-26(11-13-27)15-18-2-5-19(24)14-21(18)23/h2-7,14H,8-13,15H2,1H3. The maximum atomic E-state index is 13.2. The molecule has 0 unspecified atom stereocenters. The Bertz CT molecular complexity index is 923. The highest BCUT2D eigenvalue weighted by molar-refractivity contribution is 6.31. The second-order valence-electron chi connectivity index (χ2n) is 7.56. The van der Waals surface area contributed by atoms with E-state index in [9.17, 15) is 9.18 Å². The molecule has 0 radical (unpaired) electrons. The average molecular weight is 415 g/mol. The molecule has 1 fully saturated rings. The predicted octanol–water partition coefficient (Wildman–Crippen LogP) is 4.02. The van der Waals surface area contributed by atoms with Crippen LogP contribution in [0.2, 0.25) is 5.02 Å². The van der Waals surface area contributed by atoms with Crippen LogP contribution in [0.15, 0.2) is 47.6 Å². The molecule has 5 nitrogen and oxygen atoms in total. The quantitative estimate of drug-likeness (QED) is 0.758. The molecule has 2 aromatic rings. The number of carbonyl (C=O) groups excluding carboxylic acids is 1. The van der Waals surface area contributed by atoms with Crippen molar-refractivity contribution in [2.24, 2.45) is 5.10 Å². The summed E-state index contributed by atoms with van der Waals surface area (Å²) in [4.78, 5) is 17.0. The minimum Gasteiger partial charge on any atom is -0.336 e. The van der Waals surface area contributed by atoms with E-state index >= 15 is 0 Å². The fourth-order valence-electron chi connectivity index (χ4n) is 3.72.